The zero-order valence-corrected chi connectivity index (χ0v) is 10.6. The number of nitrogens with one attached hydrogen (secondary N) is 1. The van der Waals surface area contributed by atoms with Crippen molar-refractivity contribution in [3.63, 3.8) is 0 Å². The molecule has 0 fully saturated rings. The molecule has 1 aromatic heterocycles. The lowest BCUT2D eigenvalue weighted by Crippen LogP contribution is -2.06. The van der Waals surface area contributed by atoms with Crippen LogP contribution in [0.1, 0.15) is 21.5 Å². The van der Waals surface area contributed by atoms with Crippen molar-refractivity contribution < 1.29 is 9.90 Å². The summed E-state index contributed by atoms with van der Waals surface area (Å²) in [5.41, 5.74) is 9.35. The molecule has 98 valence electrons. The maximum atomic E-state index is 10.9. The summed E-state index contributed by atoms with van der Waals surface area (Å²) in [6, 6.07) is 6.53. The Labute approximate surface area is 111 Å². The quantitative estimate of drug-likeness (QED) is 0.731. The highest BCUT2D eigenvalue weighted by Crippen LogP contribution is 2.21. The van der Waals surface area contributed by atoms with Crippen molar-refractivity contribution in [1.29, 1.82) is 0 Å². The highest BCUT2D eigenvalue weighted by atomic mass is 16.4. The van der Waals surface area contributed by atoms with Gasteiger partial charge in [-0.25, -0.2) is 4.79 Å². The average Bonchev–Trinajstić information content (AvgIpc) is 2.39. The topological polar surface area (TPSA) is 88.2 Å². The molecule has 0 aliphatic carbocycles. The predicted molar refractivity (Wildman–Crippen MR) is 74.1 cm³/mol. The normalized spacial score (nSPS) is 10.2. The molecule has 2 rings (SSSR count). The highest BCUT2D eigenvalue weighted by molar-refractivity contribution is 5.90. The molecule has 0 spiro atoms. The maximum absolute atomic E-state index is 10.9. The minimum Gasteiger partial charge on any atom is -0.478 e. The van der Waals surface area contributed by atoms with Gasteiger partial charge in [0.1, 0.15) is 0 Å². The van der Waals surface area contributed by atoms with E-state index in [4.69, 9.17) is 10.8 Å². The van der Waals surface area contributed by atoms with Crippen LogP contribution in [0.4, 0.5) is 11.4 Å². The Morgan fingerprint density at radius 2 is 2.21 bits per heavy atom. The van der Waals surface area contributed by atoms with Crippen LogP contribution in [0.2, 0.25) is 0 Å². The zero-order valence-electron chi connectivity index (χ0n) is 10.6. The number of aromatic nitrogens is 1. The van der Waals surface area contributed by atoms with Crippen molar-refractivity contribution in [2.24, 2.45) is 0 Å². The predicted octanol–water partition coefficient (Wildman–Crippen LogP) is 2.28. The molecule has 2 aromatic rings. The standard InChI is InChI=1S/C14H15N3O2/c1-9-7-16-5-4-11(9)8-17-13-6-10(14(18)19)2-3-12(13)15/h2-7,17H,8,15H2,1H3,(H,18,19). The van der Waals surface area contributed by atoms with Gasteiger partial charge < -0.3 is 16.2 Å². The molecule has 1 aromatic carbocycles. The summed E-state index contributed by atoms with van der Waals surface area (Å²) in [7, 11) is 0. The highest BCUT2D eigenvalue weighted by Gasteiger charge is 2.07. The molecule has 0 bridgehead atoms. The molecule has 0 radical (unpaired) electrons. The van der Waals surface area contributed by atoms with E-state index in [0.717, 1.165) is 11.1 Å². The van der Waals surface area contributed by atoms with Gasteiger partial charge in [-0.1, -0.05) is 0 Å². The molecule has 0 saturated carbocycles. The van der Waals surface area contributed by atoms with Crippen LogP contribution in [0.3, 0.4) is 0 Å². The van der Waals surface area contributed by atoms with Crippen molar-refractivity contribution >= 4 is 17.3 Å². The van der Waals surface area contributed by atoms with E-state index in [1.807, 2.05) is 13.0 Å². The largest absolute Gasteiger partial charge is 0.478 e. The van der Waals surface area contributed by atoms with E-state index in [1.165, 1.54) is 12.1 Å². The molecule has 5 heteroatoms. The summed E-state index contributed by atoms with van der Waals surface area (Å²) in [6.45, 7) is 2.54. The second kappa shape index (κ2) is 5.39. The monoisotopic (exact) mass is 257 g/mol. The van der Waals surface area contributed by atoms with Crippen molar-refractivity contribution in [2.75, 3.05) is 11.1 Å². The first-order valence-corrected chi connectivity index (χ1v) is 5.84. The number of hydrogen-bond acceptors (Lipinski definition) is 4. The molecule has 0 unspecified atom stereocenters. The molecule has 0 amide bonds. The molecule has 0 aliphatic rings. The third-order valence-corrected chi connectivity index (χ3v) is 2.91. The summed E-state index contributed by atoms with van der Waals surface area (Å²) in [4.78, 5) is 14.9. The summed E-state index contributed by atoms with van der Waals surface area (Å²) in [5, 5.41) is 12.1. The molecule has 0 aliphatic heterocycles. The van der Waals surface area contributed by atoms with Crippen molar-refractivity contribution in [2.45, 2.75) is 13.5 Å². The zero-order chi connectivity index (χ0) is 13.8. The lowest BCUT2D eigenvalue weighted by Gasteiger charge is -2.11. The number of rotatable bonds is 4. The minimum atomic E-state index is -0.969. The fourth-order valence-corrected chi connectivity index (χ4v) is 1.73. The molecule has 4 N–H and O–H groups in total. The Bertz CT molecular complexity index is 611. The number of carboxylic acid groups (broad SMARTS) is 1. The maximum Gasteiger partial charge on any atom is 0.335 e. The summed E-state index contributed by atoms with van der Waals surface area (Å²) in [5.74, 6) is -0.969. The van der Waals surface area contributed by atoms with Crippen LogP contribution in [-0.4, -0.2) is 16.1 Å². The van der Waals surface area contributed by atoms with E-state index in [0.29, 0.717) is 17.9 Å². The number of nitrogens with zero attached hydrogens (tertiary/aromatic N) is 1. The third-order valence-electron chi connectivity index (χ3n) is 2.91. The summed E-state index contributed by atoms with van der Waals surface area (Å²) >= 11 is 0. The molecule has 1 heterocycles. The SMILES string of the molecule is Cc1cnccc1CNc1cc(C(=O)O)ccc1N. The van der Waals surface area contributed by atoms with Gasteiger partial charge in [0, 0.05) is 18.9 Å². The number of hydrogen-bond donors (Lipinski definition) is 3. The van der Waals surface area contributed by atoms with Gasteiger partial charge in [-0.15, -0.1) is 0 Å². The number of aryl methyl sites for hydroxylation is 1. The van der Waals surface area contributed by atoms with Crippen LogP contribution in [0.5, 0.6) is 0 Å². The van der Waals surface area contributed by atoms with E-state index < -0.39 is 5.97 Å². The Morgan fingerprint density at radius 1 is 1.42 bits per heavy atom. The number of aromatic carboxylic acids is 1. The number of carbonyl (C=O) groups is 1. The van der Waals surface area contributed by atoms with Gasteiger partial charge >= 0.3 is 5.97 Å². The molecule has 19 heavy (non-hydrogen) atoms. The molecule has 0 saturated heterocycles. The number of pyridine rings is 1. The Hall–Kier alpha value is -2.56. The van der Waals surface area contributed by atoms with E-state index in [1.54, 1.807) is 18.5 Å². The Morgan fingerprint density at radius 3 is 2.89 bits per heavy atom. The van der Waals surface area contributed by atoms with E-state index >= 15 is 0 Å². The number of carboxylic acids is 1. The summed E-state index contributed by atoms with van der Waals surface area (Å²) < 4.78 is 0. The molecular formula is C14H15N3O2. The van der Waals surface area contributed by atoms with Gasteiger partial charge in [0.05, 0.1) is 16.9 Å². The smallest absolute Gasteiger partial charge is 0.335 e. The fraction of sp³-hybridized carbons (Fsp3) is 0.143. The van der Waals surface area contributed by atoms with Crippen molar-refractivity contribution in [1.82, 2.24) is 4.98 Å². The molecular weight excluding hydrogens is 242 g/mol. The number of nitrogen functional groups attached to an aromatic ring is 1. The lowest BCUT2D eigenvalue weighted by molar-refractivity contribution is 0.0697. The lowest BCUT2D eigenvalue weighted by atomic mass is 10.1. The van der Waals surface area contributed by atoms with Gasteiger partial charge in [0.25, 0.3) is 0 Å². The number of anilines is 2. The first-order valence-electron chi connectivity index (χ1n) is 5.84. The van der Waals surface area contributed by atoms with Gasteiger partial charge in [-0.2, -0.15) is 0 Å². The number of benzene rings is 1. The second-order valence-electron chi connectivity index (χ2n) is 4.26. The third kappa shape index (κ3) is 3.01. The van der Waals surface area contributed by atoms with Gasteiger partial charge in [-0.05, 0) is 42.3 Å². The fourth-order valence-electron chi connectivity index (χ4n) is 1.73. The molecule has 0 atom stereocenters. The Kier molecular flexibility index (Phi) is 3.66. The first kappa shape index (κ1) is 12.9. The van der Waals surface area contributed by atoms with Crippen LogP contribution in [0.15, 0.2) is 36.7 Å². The van der Waals surface area contributed by atoms with Crippen molar-refractivity contribution in [3.05, 3.63) is 53.3 Å². The van der Waals surface area contributed by atoms with Crippen LogP contribution in [0, 0.1) is 6.92 Å². The second-order valence-corrected chi connectivity index (χ2v) is 4.26. The van der Waals surface area contributed by atoms with Gasteiger partial charge in [-0.3, -0.25) is 4.98 Å². The van der Waals surface area contributed by atoms with E-state index in [9.17, 15) is 4.79 Å². The minimum absolute atomic E-state index is 0.211. The average molecular weight is 257 g/mol. The van der Waals surface area contributed by atoms with Crippen LogP contribution in [-0.2, 0) is 6.54 Å². The first-order chi connectivity index (χ1) is 9.08. The van der Waals surface area contributed by atoms with Crippen LogP contribution in [0.25, 0.3) is 0 Å². The molecule has 5 nitrogen and oxygen atoms in total. The van der Waals surface area contributed by atoms with Crippen LogP contribution >= 0.6 is 0 Å². The number of nitrogens with two attached hydrogens (primary N) is 1. The van der Waals surface area contributed by atoms with E-state index in [2.05, 4.69) is 10.3 Å². The summed E-state index contributed by atoms with van der Waals surface area (Å²) in [6.07, 6.45) is 3.51. The van der Waals surface area contributed by atoms with Crippen molar-refractivity contribution in [3.8, 4) is 0 Å². The Balaban J connectivity index is 2.17. The van der Waals surface area contributed by atoms with Gasteiger partial charge in [0.15, 0.2) is 0 Å². The van der Waals surface area contributed by atoms with Crippen LogP contribution < -0.4 is 11.1 Å². The van der Waals surface area contributed by atoms with Gasteiger partial charge in [0.2, 0.25) is 0 Å². The van der Waals surface area contributed by atoms with E-state index in [-0.39, 0.29) is 5.56 Å².